The number of unbranched alkanes of at least 4 members (excludes halogenated alkanes) is 34. The van der Waals surface area contributed by atoms with Gasteiger partial charge in [-0.2, -0.15) is 0 Å². The minimum absolute atomic E-state index is 0.139. The largest absolute Gasteiger partial charge is 0.394 e. The number of carbonyl (C=O) groups is 1. The molecule has 4 N–H and O–H groups in total. The molecule has 0 aromatic rings. The summed E-state index contributed by atoms with van der Waals surface area (Å²) in [6.07, 6.45) is 46.4. The van der Waals surface area contributed by atoms with Crippen LogP contribution in [0.25, 0.3) is 0 Å². The van der Waals surface area contributed by atoms with Crippen molar-refractivity contribution in [2.45, 2.75) is 276 Å². The Morgan fingerprint density at radius 3 is 0.960 bits per heavy atom. The van der Waals surface area contributed by atoms with E-state index in [9.17, 15) is 20.1 Å². The van der Waals surface area contributed by atoms with Crippen LogP contribution in [0, 0.1) is 0 Å². The van der Waals surface area contributed by atoms with Gasteiger partial charge in [-0.15, -0.1) is 0 Å². The predicted molar refractivity (Wildman–Crippen MR) is 218 cm³/mol. The molecule has 0 spiro atoms. The molecule has 0 aliphatic heterocycles. The van der Waals surface area contributed by atoms with E-state index in [0.717, 1.165) is 32.1 Å². The summed E-state index contributed by atoms with van der Waals surface area (Å²) < 4.78 is 0. The van der Waals surface area contributed by atoms with E-state index in [1.807, 2.05) is 0 Å². The van der Waals surface area contributed by atoms with E-state index >= 15 is 0 Å². The quantitative estimate of drug-likeness (QED) is 0.0475. The van der Waals surface area contributed by atoms with Crippen LogP contribution in [0.15, 0.2) is 0 Å². The van der Waals surface area contributed by atoms with Gasteiger partial charge >= 0.3 is 0 Å². The topological polar surface area (TPSA) is 89.8 Å². The molecule has 0 radical (unpaired) electrons. The van der Waals surface area contributed by atoms with Crippen molar-refractivity contribution in [3.8, 4) is 0 Å². The molecule has 0 aromatic heterocycles. The molecule has 300 valence electrons. The summed E-state index contributed by atoms with van der Waals surface area (Å²) in [5.41, 5.74) is 0. The Morgan fingerprint density at radius 2 is 0.680 bits per heavy atom. The fourth-order valence-electron chi connectivity index (χ4n) is 7.40. The number of carbonyl (C=O) groups excluding carboxylic acids is 1. The SMILES string of the molecule is CCCCCCCCCCCCCCCCCCCCCCC(=O)NC(CO)C(O)C(O)CCCCCCCCCCCCCCCCCC. The third-order valence-electron chi connectivity index (χ3n) is 11.0. The lowest BCUT2D eigenvalue weighted by Crippen LogP contribution is -2.50. The summed E-state index contributed by atoms with van der Waals surface area (Å²) in [4.78, 5) is 12.4. The third kappa shape index (κ3) is 35.7. The molecule has 0 saturated heterocycles. The average molecular weight is 710 g/mol. The number of rotatable bonds is 42. The molecule has 1 amide bonds. The molecule has 0 aliphatic carbocycles. The minimum atomic E-state index is -1.13. The fourth-order valence-corrected chi connectivity index (χ4v) is 7.40. The van der Waals surface area contributed by atoms with E-state index < -0.39 is 18.2 Å². The molecule has 50 heavy (non-hydrogen) atoms. The van der Waals surface area contributed by atoms with E-state index in [1.54, 1.807) is 0 Å². The molecule has 3 unspecified atom stereocenters. The summed E-state index contributed by atoms with van der Waals surface area (Å²) in [6, 6.07) is -0.802. The second kappa shape index (κ2) is 41.1. The van der Waals surface area contributed by atoms with Gasteiger partial charge in [-0.3, -0.25) is 4.79 Å². The summed E-state index contributed by atoms with van der Waals surface area (Å²) >= 11 is 0. The van der Waals surface area contributed by atoms with Crippen molar-refractivity contribution in [3.05, 3.63) is 0 Å². The molecule has 0 rings (SSSR count). The predicted octanol–water partition coefficient (Wildman–Crippen LogP) is 13.0. The lowest BCUT2D eigenvalue weighted by molar-refractivity contribution is -0.124. The maximum atomic E-state index is 12.4. The number of hydrogen-bond acceptors (Lipinski definition) is 4. The molecule has 5 nitrogen and oxygen atoms in total. The Labute approximate surface area is 313 Å². The minimum Gasteiger partial charge on any atom is -0.394 e. The van der Waals surface area contributed by atoms with Gasteiger partial charge in [0, 0.05) is 6.42 Å². The lowest BCUT2D eigenvalue weighted by atomic mass is 9.99. The molecule has 0 saturated carbocycles. The van der Waals surface area contributed by atoms with Crippen LogP contribution in [0.1, 0.15) is 258 Å². The van der Waals surface area contributed by atoms with Gasteiger partial charge in [-0.05, 0) is 12.8 Å². The van der Waals surface area contributed by atoms with E-state index in [-0.39, 0.29) is 12.5 Å². The molecule has 0 fully saturated rings. The van der Waals surface area contributed by atoms with Gasteiger partial charge in [-0.1, -0.05) is 239 Å². The highest BCUT2D eigenvalue weighted by Gasteiger charge is 2.26. The molecule has 0 heterocycles. The average Bonchev–Trinajstić information content (AvgIpc) is 3.12. The first-order valence-corrected chi connectivity index (χ1v) is 22.8. The van der Waals surface area contributed by atoms with E-state index in [2.05, 4.69) is 19.2 Å². The fraction of sp³-hybridized carbons (Fsp3) is 0.978. The molecule has 3 atom stereocenters. The van der Waals surface area contributed by atoms with Crippen LogP contribution in [-0.2, 0) is 4.79 Å². The van der Waals surface area contributed by atoms with Crippen molar-refractivity contribution in [3.63, 3.8) is 0 Å². The maximum Gasteiger partial charge on any atom is 0.220 e. The van der Waals surface area contributed by atoms with Crippen molar-refractivity contribution in [2.24, 2.45) is 0 Å². The summed E-state index contributed by atoms with van der Waals surface area (Å²) in [5, 5.41) is 33.6. The van der Waals surface area contributed by atoms with Crippen LogP contribution in [0.4, 0.5) is 0 Å². The van der Waals surface area contributed by atoms with Gasteiger partial charge in [0.15, 0.2) is 0 Å². The third-order valence-corrected chi connectivity index (χ3v) is 11.0. The molecular weight excluding hydrogens is 618 g/mol. The Kier molecular flexibility index (Phi) is 40.6. The number of nitrogens with one attached hydrogen (secondary N) is 1. The Balaban J connectivity index is 3.56. The van der Waals surface area contributed by atoms with E-state index in [1.165, 1.54) is 199 Å². The van der Waals surface area contributed by atoms with Crippen LogP contribution < -0.4 is 5.32 Å². The van der Waals surface area contributed by atoms with Crippen molar-refractivity contribution in [1.29, 1.82) is 0 Å². The monoisotopic (exact) mass is 710 g/mol. The number of aliphatic hydroxyl groups is 3. The van der Waals surface area contributed by atoms with Crippen molar-refractivity contribution in [2.75, 3.05) is 6.61 Å². The van der Waals surface area contributed by atoms with Crippen LogP contribution in [0.2, 0.25) is 0 Å². The van der Waals surface area contributed by atoms with Crippen LogP contribution >= 0.6 is 0 Å². The highest BCUT2D eigenvalue weighted by Crippen LogP contribution is 2.17. The highest BCUT2D eigenvalue weighted by molar-refractivity contribution is 5.76. The standard InChI is InChI=1S/C45H91NO4/c1-3-5-7-9-11-13-15-17-19-21-22-23-24-26-28-30-32-34-36-38-40-44(49)46-42(41-47)45(50)43(48)39-37-35-33-31-29-27-25-20-18-16-14-12-10-8-6-4-2/h42-43,45,47-48,50H,3-41H2,1-2H3,(H,46,49). The first kappa shape index (κ1) is 49.4. The van der Waals surface area contributed by atoms with Crippen LogP contribution in [0.3, 0.4) is 0 Å². The molecule has 0 aromatic carbocycles. The van der Waals surface area contributed by atoms with Gasteiger partial charge < -0.3 is 20.6 Å². The van der Waals surface area contributed by atoms with Crippen molar-refractivity contribution >= 4 is 5.91 Å². The van der Waals surface area contributed by atoms with Gasteiger partial charge in [0.2, 0.25) is 5.91 Å². The highest BCUT2D eigenvalue weighted by atomic mass is 16.3. The molecule has 0 bridgehead atoms. The zero-order chi connectivity index (χ0) is 36.6. The van der Waals surface area contributed by atoms with Crippen LogP contribution in [-0.4, -0.2) is 46.1 Å². The van der Waals surface area contributed by atoms with Crippen molar-refractivity contribution < 1.29 is 20.1 Å². The number of hydrogen-bond donors (Lipinski definition) is 4. The van der Waals surface area contributed by atoms with Gasteiger partial charge in [-0.25, -0.2) is 0 Å². The molecule has 5 heteroatoms. The van der Waals surface area contributed by atoms with Crippen molar-refractivity contribution in [1.82, 2.24) is 5.32 Å². The second-order valence-electron chi connectivity index (χ2n) is 16.0. The Morgan fingerprint density at radius 1 is 0.420 bits per heavy atom. The number of amides is 1. The molecular formula is C45H91NO4. The van der Waals surface area contributed by atoms with E-state index in [0.29, 0.717) is 12.8 Å². The van der Waals surface area contributed by atoms with Gasteiger partial charge in [0.05, 0.1) is 18.8 Å². The summed E-state index contributed by atoms with van der Waals surface area (Å²) in [7, 11) is 0. The maximum absolute atomic E-state index is 12.4. The first-order chi connectivity index (χ1) is 24.6. The Bertz CT molecular complexity index is 659. The molecule has 0 aliphatic rings. The second-order valence-corrected chi connectivity index (χ2v) is 16.0. The van der Waals surface area contributed by atoms with Gasteiger partial charge in [0.1, 0.15) is 6.10 Å². The summed E-state index contributed by atoms with van der Waals surface area (Å²) in [5.74, 6) is -0.139. The van der Waals surface area contributed by atoms with Gasteiger partial charge in [0.25, 0.3) is 0 Å². The zero-order valence-electron chi connectivity index (χ0n) is 34.1. The normalized spacial score (nSPS) is 13.5. The Hall–Kier alpha value is -0.650. The number of aliphatic hydroxyl groups excluding tert-OH is 3. The van der Waals surface area contributed by atoms with Crippen LogP contribution in [0.5, 0.6) is 0 Å². The van der Waals surface area contributed by atoms with E-state index in [4.69, 9.17) is 0 Å². The first-order valence-electron chi connectivity index (χ1n) is 22.8. The smallest absolute Gasteiger partial charge is 0.220 e. The lowest BCUT2D eigenvalue weighted by Gasteiger charge is -2.26. The summed E-state index contributed by atoms with van der Waals surface area (Å²) in [6.45, 7) is 4.20. The zero-order valence-corrected chi connectivity index (χ0v) is 34.1.